The molecule has 1 heterocycles. The largest absolute Gasteiger partial charge is 0.460 e. The smallest absolute Gasteiger partial charge is 0.416 e. The van der Waals surface area contributed by atoms with Gasteiger partial charge in [-0.2, -0.15) is 26.3 Å². The van der Waals surface area contributed by atoms with E-state index in [1.807, 2.05) is 0 Å². The van der Waals surface area contributed by atoms with Crippen LogP contribution in [-0.4, -0.2) is 53.5 Å². The topological polar surface area (TPSA) is 72.9 Å². The first-order chi connectivity index (χ1) is 14.3. The number of rotatable bonds is 8. The summed E-state index contributed by atoms with van der Waals surface area (Å²) in [7, 11) is 0. The number of esters is 1. The van der Waals surface area contributed by atoms with Gasteiger partial charge in [-0.25, -0.2) is 9.69 Å². The molecule has 12 heteroatoms. The number of carbonyl (C=O) groups excluding carboxylic acids is 3. The lowest BCUT2D eigenvalue weighted by Gasteiger charge is -2.30. The monoisotopic (exact) mass is 477 g/mol. The van der Waals surface area contributed by atoms with Gasteiger partial charge < -0.3 is 9.47 Å². The molecule has 0 aromatic rings. The maximum atomic E-state index is 13.8. The zero-order valence-corrected chi connectivity index (χ0v) is 18.6. The second kappa shape index (κ2) is 10.3. The van der Waals surface area contributed by atoms with Crippen molar-refractivity contribution in [3.63, 3.8) is 0 Å². The van der Waals surface area contributed by atoms with Gasteiger partial charge in [0.15, 0.2) is 0 Å². The van der Waals surface area contributed by atoms with Crippen LogP contribution in [-0.2, 0) is 19.1 Å². The van der Waals surface area contributed by atoms with Gasteiger partial charge in [0.05, 0.1) is 6.04 Å². The van der Waals surface area contributed by atoms with Gasteiger partial charge in [0.1, 0.15) is 18.1 Å². The normalized spacial score (nSPS) is 19.7. The Bertz CT molecular complexity index is 683. The van der Waals surface area contributed by atoms with Crippen LogP contribution in [0.2, 0.25) is 0 Å². The molecule has 1 rings (SSSR count). The first-order valence-electron chi connectivity index (χ1n) is 10.2. The van der Waals surface area contributed by atoms with Gasteiger partial charge >= 0.3 is 24.4 Å². The average Bonchev–Trinajstić information content (AvgIpc) is 2.95. The van der Waals surface area contributed by atoms with Gasteiger partial charge in [-0.3, -0.25) is 9.59 Å². The molecule has 1 saturated heterocycles. The minimum atomic E-state index is -5.15. The predicted octanol–water partition coefficient (Wildman–Crippen LogP) is 5.25. The van der Waals surface area contributed by atoms with Crippen molar-refractivity contribution in [1.82, 2.24) is 4.90 Å². The van der Waals surface area contributed by atoms with Crippen LogP contribution >= 0.6 is 0 Å². The summed E-state index contributed by atoms with van der Waals surface area (Å²) in [5.41, 5.74) is -0.991. The number of hydrogen-bond donors (Lipinski definition) is 0. The molecule has 0 aromatic carbocycles. The molecule has 1 aliphatic rings. The Balaban J connectivity index is 3.15. The van der Waals surface area contributed by atoms with E-state index in [9.17, 15) is 40.7 Å². The lowest BCUT2D eigenvalue weighted by molar-refractivity contribution is -0.193. The molecule has 0 aliphatic carbocycles. The van der Waals surface area contributed by atoms with E-state index in [-0.39, 0.29) is 6.61 Å². The second-order valence-electron chi connectivity index (χ2n) is 9.24. The predicted molar refractivity (Wildman–Crippen MR) is 100 cm³/mol. The Morgan fingerprint density at radius 1 is 1.12 bits per heavy atom. The summed E-state index contributed by atoms with van der Waals surface area (Å²) >= 11 is 0. The number of alkyl halides is 6. The summed E-state index contributed by atoms with van der Waals surface area (Å²) in [5, 5.41) is 0. The van der Waals surface area contributed by atoms with Crippen molar-refractivity contribution in [1.29, 1.82) is 0 Å². The maximum Gasteiger partial charge on any atom is 0.416 e. The zero-order chi connectivity index (χ0) is 25.1. The molecular weight excluding hydrogens is 448 g/mol. The molecule has 0 spiro atoms. The molecule has 2 unspecified atom stereocenters. The van der Waals surface area contributed by atoms with Crippen LogP contribution in [0.25, 0.3) is 0 Å². The fraction of sp³-hybridized carbons (Fsp3) is 0.850. The molecular formula is C20H29F6NO5. The molecule has 0 saturated carbocycles. The number of nitrogens with zero attached hydrogens (tertiary/aromatic N) is 1. The van der Waals surface area contributed by atoms with Crippen molar-refractivity contribution >= 4 is 18.0 Å². The van der Waals surface area contributed by atoms with Crippen molar-refractivity contribution in [2.75, 3.05) is 6.61 Å². The molecule has 0 N–H and O–H groups in total. The van der Waals surface area contributed by atoms with E-state index in [0.29, 0.717) is 4.90 Å². The van der Waals surface area contributed by atoms with Gasteiger partial charge in [0.2, 0.25) is 5.91 Å². The standard InChI is InChI=1S/C20H29F6NO5/c1-11(2)14-10-31-17(30)27(14)16(29)13(20(24,25)26)8-12(6-7-19(21,22)23)9-15(28)32-18(3,4)5/h11-14H,6-10H2,1-5H3/t12-,13?,14?/m1/s1. The fourth-order valence-electron chi connectivity index (χ4n) is 3.35. The number of ether oxygens (including phenoxy) is 2. The summed E-state index contributed by atoms with van der Waals surface area (Å²) in [4.78, 5) is 37.1. The van der Waals surface area contributed by atoms with E-state index in [1.54, 1.807) is 13.8 Å². The van der Waals surface area contributed by atoms with Gasteiger partial charge in [0.25, 0.3) is 0 Å². The van der Waals surface area contributed by atoms with E-state index >= 15 is 0 Å². The molecule has 0 bridgehead atoms. The highest BCUT2D eigenvalue weighted by Crippen LogP contribution is 2.38. The number of cyclic esters (lactones) is 1. The number of amides is 2. The Labute approximate surface area is 182 Å². The third-order valence-corrected chi connectivity index (χ3v) is 4.89. The maximum absolute atomic E-state index is 13.8. The van der Waals surface area contributed by atoms with Crippen LogP contribution in [0, 0.1) is 17.8 Å². The van der Waals surface area contributed by atoms with E-state index < -0.39 is 85.4 Å². The zero-order valence-electron chi connectivity index (χ0n) is 18.6. The molecule has 3 atom stereocenters. The molecule has 1 aliphatic heterocycles. The van der Waals surface area contributed by atoms with Gasteiger partial charge in [-0.1, -0.05) is 13.8 Å². The lowest BCUT2D eigenvalue weighted by Crippen LogP contribution is -2.49. The third kappa shape index (κ3) is 8.85. The lowest BCUT2D eigenvalue weighted by atomic mass is 9.86. The average molecular weight is 477 g/mol. The summed E-state index contributed by atoms with van der Waals surface area (Å²) in [6.07, 6.45) is -15.1. The van der Waals surface area contributed by atoms with Crippen molar-refractivity contribution in [3.05, 3.63) is 0 Å². The Morgan fingerprint density at radius 2 is 1.69 bits per heavy atom. The van der Waals surface area contributed by atoms with E-state index in [2.05, 4.69) is 0 Å². The van der Waals surface area contributed by atoms with Crippen molar-refractivity contribution in [3.8, 4) is 0 Å². The second-order valence-corrected chi connectivity index (χ2v) is 9.24. The molecule has 1 fully saturated rings. The summed E-state index contributed by atoms with van der Waals surface area (Å²) in [5.74, 6) is -7.19. The molecule has 0 aromatic heterocycles. The van der Waals surface area contributed by atoms with Crippen LogP contribution in [0.4, 0.5) is 31.1 Å². The van der Waals surface area contributed by atoms with E-state index in [1.165, 1.54) is 20.8 Å². The minimum absolute atomic E-state index is 0.276. The molecule has 32 heavy (non-hydrogen) atoms. The van der Waals surface area contributed by atoms with Crippen molar-refractivity contribution in [2.45, 2.75) is 84.3 Å². The summed E-state index contributed by atoms with van der Waals surface area (Å²) in [6, 6.07) is -0.931. The highest BCUT2D eigenvalue weighted by Gasteiger charge is 2.52. The van der Waals surface area contributed by atoms with Gasteiger partial charge in [0, 0.05) is 12.8 Å². The SMILES string of the molecule is CC(C)C1COC(=O)N1C(=O)C(C[C@@H](CCC(F)(F)F)CC(=O)OC(C)(C)C)C(F)(F)F. The number of imide groups is 1. The molecule has 0 radical (unpaired) electrons. The third-order valence-electron chi connectivity index (χ3n) is 4.89. The molecule has 2 amide bonds. The number of halogens is 6. The van der Waals surface area contributed by atoms with Crippen LogP contribution in [0.15, 0.2) is 0 Å². The first-order valence-corrected chi connectivity index (χ1v) is 10.2. The molecule has 186 valence electrons. The summed E-state index contributed by atoms with van der Waals surface area (Å²) in [6.45, 7) is 7.41. The van der Waals surface area contributed by atoms with Gasteiger partial charge in [-0.05, 0) is 45.4 Å². The van der Waals surface area contributed by atoms with Crippen LogP contribution in [0.5, 0.6) is 0 Å². The van der Waals surface area contributed by atoms with Crippen molar-refractivity contribution < 1.29 is 50.2 Å². The van der Waals surface area contributed by atoms with E-state index in [0.717, 1.165) is 0 Å². The Kier molecular flexibility index (Phi) is 9.01. The van der Waals surface area contributed by atoms with Crippen LogP contribution in [0.1, 0.15) is 60.3 Å². The summed E-state index contributed by atoms with van der Waals surface area (Å²) < 4.78 is 89.2. The quantitative estimate of drug-likeness (QED) is 0.353. The van der Waals surface area contributed by atoms with Crippen molar-refractivity contribution in [2.24, 2.45) is 17.8 Å². The fourth-order valence-corrected chi connectivity index (χ4v) is 3.35. The minimum Gasteiger partial charge on any atom is -0.460 e. The van der Waals surface area contributed by atoms with E-state index in [4.69, 9.17) is 9.47 Å². The van der Waals surface area contributed by atoms with Crippen LogP contribution < -0.4 is 0 Å². The van der Waals surface area contributed by atoms with Gasteiger partial charge in [-0.15, -0.1) is 0 Å². The highest BCUT2D eigenvalue weighted by atomic mass is 19.4. The highest BCUT2D eigenvalue weighted by molar-refractivity contribution is 5.95. The van der Waals surface area contributed by atoms with Crippen LogP contribution in [0.3, 0.4) is 0 Å². The Hall–Kier alpha value is -2.01. The molecule has 6 nitrogen and oxygen atoms in total. The Morgan fingerprint density at radius 3 is 2.12 bits per heavy atom. The first kappa shape index (κ1) is 28.0. The number of carbonyl (C=O) groups is 3. The number of hydrogen-bond acceptors (Lipinski definition) is 5.